The van der Waals surface area contributed by atoms with Gasteiger partial charge in [-0.3, -0.25) is 4.57 Å². The zero-order valence-corrected chi connectivity index (χ0v) is 24.0. The summed E-state index contributed by atoms with van der Waals surface area (Å²) in [6.07, 6.45) is 1.88. The van der Waals surface area contributed by atoms with Gasteiger partial charge in [0.2, 0.25) is 0 Å². The standard InChI is InChI=1S/C40H23N5/c1-3-9-26(10-4-1)38-42-39(27-11-5-2-6-12-27)44-40(43-38)28-20-22-33(41-23-28)45-31-16-8-15-30-29-14-7-13-24-17-18-25-19-21-32(45)37(36(30)31)35(25)34(24)29/h1-23H. The van der Waals surface area contributed by atoms with Crippen molar-refractivity contribution >= 4 is 54.1 Å². The van der Waals surface area contributed by atoms with Crippen LogP contribution in [0.3, 0.4) is 0 Å². The van der Waals surface area contributed by atoms with Gasteiger partial charge in [0.1, 0.15) is 5.82 Å². The summed E-state index contributed by atoms with van der Waals surface area (Å²) in [5, 5.41) is 10.3. The summed E-state index contributed by atoms with van der Waals surface area (Å²) in [7, 11) is 0. The first kappa shape index (κ1) is 24.3. The average Bonchev–Trinajstić information content (AvgIpc) is 3.46. The van der Waals surface area contributed by atoms with Crippen LogP contribution in [-0.2, 0) is 0 Å². The summed E-state index contributed by atoms with van der Waals surface area (Å²) in [4.78, 5) is 19.7. The van der Waals surface area contributed by atoms with Gasteiger partial charge in [0.15, 0.2) is 17.5 Å². The highest BCUT2D eigenvalue weighted by Gasteiger charge is 2.22. The number of fused-ring (bicyclic) bond motifs is 1. The van der Waals surface area contributed by atoms with Crippen LogP contribution in [0.2, 0.25) is 0 Å². The molecule has 7 aromatic carbocycles. The highest BCUT2D eigenvalue weighted by atomic mass is 15.1. The summed E-state index contributed by atoms with van der Waals surface area (Å²) >= 11 is 0. The molecule has 208 valence electrons. The number of aromatic nitrogens is 5. The van der Waals surface area contributed by atoms with Crippen molar-refractivity contribution in [1.29, 1.82) is 0 Å². The fourth-order valence-corrected chi connectivity index (χ4v) is 7.03. The van der Waals surface area contributed by atoms with E-state index >= 15 is 0 Å². The van der Waals surface area contributed by atoms with Gasteiger partial charge in [0.25, 0.3) is 0 Å². The van der Waals surface area contributed by atoms with Gasteiger partial charge < -0.3 is 0 Å². The van der Waals surface area contributed by atoms with E-state index < -0.39 is 0 Å². The minimum atomic E-state index is 0.591. The summed E-state index contributed by atoms with van der Waals surface area (Å²) in [6, 6.07) is 46.4. The molecule has 0 saturated carbocycles. The Morgan fingerprint density at radius 3 is 1.62 bits per heavy atom. The predicted molar refractivity (Wildman–Crippen MR) is 183 cm³/mol. The maximum absolute atomic E-state index is 5.03. The molecule has 5 heteroatoms. The summed E-state index contributed by atoms with van der Waals surface area (Å²) < 4.78 is 2.29. The molecule has 45 heavy (non-hydrogen) atoms. The van der Waals surface area contributed by atoms with Crippen molar-refractivity contribution in [2.75, 3.05) is 0 Å². The molecule has 0 saturated heterocycles. The van der Waals surface area contributed by atoms with E-state index in [1.807, 2.05) is 66.9 Å². The summed E-state index contributed by atoms with van der Waals surface area (Å²) in [6.45, 7) is 0. The van der Waals surface area contributed by atoms with E-state index in [1.54, 1.807) is 0 Å². The second kappa shape index (κ2) is 9.15. The number of hydrogen-bond donors (Lipinski definition) is 0. The quantitative estimate of drug-likeness (QED) is 0.155. The van der Waals surface area contributed by atoms with Crippen LogP contribution in [0.5, 0.6) is 0 Å². The van der Waals surface area contributed by atoms with Gasteiger partial charge in [-0.15, -0.1) is 0 Å². The van der Waals surface area contributed by atoms with Crippen molar-refractivity contribution in [2.24, 2.45) is 0 Å². The van der Waals surface area contributed by atoms with Gasteiger partial charge in [-0.1, -0.05) is 109 Å². The first-order valence-electron chi connectivity index (χ1n) is 15.1. The molecule has 0 spiro atoms. The van der Waals surface area contributed by atoms with Crippen LogP contribution in [0.4, 0.5) is 0 Å². The van der Waals surface area contributed by atoms with Crippen molar-refractivity contribution in [2.45, 2.75) is 0 Å². The van der Waals surface area contributed by atoms with Crippen LogP contribution in [0.1, 0.15) is 0 Å². The minimum absolute atomic E-state index is 0.591. The van der Waals surface area contributed by atoms with Crippen LogP contribution in [0, 0.1) is 0 Å². The van der Waals surface area contributed by atoms with Gasteiger partial charge in [-0.05, 0) is 51.2 Å². The Morgan fingerprint density at radius 2 is 0.956 bits per heavy atom. The van der Waals surface area contributed by atoms with E-state index in [-0.39, 0.29) is 0 Å². The Balaban J connectivity index is 1.18. The van der Waals surface area contributed by atoms with Crippen LogP contribution in [-0.4, -0.2) is 24.5 Å². The van der Waals surface area contributed by atoms with E-state index in [0.29, 0.717) is 17.5 Å². The number of benzene rings is 7. The molecule has 0 unspecified atom stereocenters. The normalized spacial score (nSPS) is 12.0. The highest BCUT2D eigenvalue weighted by Crippen LogP contribution is 2.46. The number of nitrogens with zero attached hydrogens (tertiary/aromatic N) is 5. The van der Waals surface area contributed by atoms with Crippen LogP contribution < -0.4 is 0 Å². The van der Waals surface area contributed by atoms with Crippen molar-refractivity contribution in [3.8, 4) is 40.0 Å². The lowest BCUT2D eigenvalue weighted by Gasteiger charge is -2.13. The zero-order chi connectivity index (χ0) is 29.5. The maximum atomic E-state index is 5.03. The predicted octanol–water partition coefficient (Wildman–Crippen LogP) is 9.70. The van der Waals surface area contributed by atoms with Crippen LogP contribution in [0.15, 0.2) is 140 Å². The van der Waals surface area contributed by atoms with E-state index in [9.17, 15) is 0 Å². The lowest BCUT2D eigenvalue weighted by Crippen LogP contribution is -2.01. The van der Waals surface area contributed by atoms with E-state index in [4.69, 9.17) is 19.9 Å². The van der Waals surface area contributed by atoms with Crippen molar-refractivity contribution in [3.63, 3.8) is 0 Å². The van der Waals surface area contributed by atoms with Crippen LogP contribution in [0.25, 0.3) is 94.1 Å². The van der Waals surface area contributed by atoms with Crippen molar-refractivity contribution in [1.82, 2.24) is 24.5 Å². The number of rotatable bonds is 4. The third-order valence-electron chi connectivity index (χ3n) is 9.00. The largest absolute Gasteiger partial charge is 0.294 e. The fourth-order valence-electron chi connectivity index (χ4n) is 7.03. The highest BCUT2D eigenvalue weighted by molar-refractivity contribution is 6.40. The topological polar surface area (TPSA) is 56.5 Å². The summed E-state index contributed by atoms with van der Waals surface area (Å²) in [5.74, 6) is 2.71. The lowest BCUT2D eigenvalue weighted by atomic mass is 9.89. The maximum Gasteiger partial charge on any atom is 0.165 e. The van der Waals surface area contributed by atoms with Gasteiger partial charge in [0.05, 0.1) is 11.0 Å². The molecule has 3 heterocycles. The first-order valence-corrected chi connectivity index (χ1v) is 15.1. The van der Waals surface area contributed by atoms with Gasteiger partial charge in [0, 0.05) is 39.0 Å². The molecule has 10 aromatic rings. The van der Waals surface area contributed by atoms with Crippen molar-refractivity contribution < 1.29 is 0 Å². The second-order valence-electron chi connectivity index (χ2n) is 11.5. The fraction of sp³-hybridized carbons (Fsp3) is 0. The zero-order valence-electron chi connectivity index (χ0n) is 24.0. The molecular weight excluding hydrogens is 550 g/mol. The monoisotopic (exact) mass is 573 g/mol. The second-order valence-corrected chi connectivity index (χ2v) is 11.5. The molecule has 0 bridgehead atoms. The third kappa shape index (κ3) is 3.49. The Kier molecular flexibility index (Phi) is 4.93. The summed E-state index contributed by atoms with van der Waals surface area (Å²) in [5.41, 5.74) is 5.03. The molecule has 0 N–H and O–H groups in total. The Bertz CT molecular complexity index is 2620. The molecular formula is C40H23N5. The Hall–Kier alpha value is -6.20. The first-order chi connectivity index (χ1) is 22.3. The van der Waals surface area contributed by atoms with Gasteiger partial charge in [-0.2, -0.15) is 0 Å². The molecule has 0 aliphatic rings. The molecule has 10 rings (SSSR count). The molecule has 0 aliphatic carbocycles. The van der Waals surface area contributed by atoms with E-state index in [1.165, 1.54) is 43.1 Å². The van der Waals surface area contributed by atoms with E-state index in [2.05, 4.69) is 77.4 Å². The molecule has 0 aliphatic heterocycles. The van der Waals surface area contributed by atoms with Gasteiger partial charge in [-0.25, -0.2) is 19.9 Å². The molecule has 3 aromatic heterocycles. The average molecular weight is 574 g/mol. The molecule has 5 nitrogen and oxygen atoms in total. The number of pyridine rings is 1. The molecule has 0 fully saturated rings. The van der Waals surface area contributed by atoms with Crippen molar-refractivity contribution in [3.05, 3.63) is 140 Å². The molecule has 0 radical (unpaired) electrons. The molecule has 0 amide bonds. The van der Waals surface area contributed by atoms with Gasteiger partial charge >= 0.3 is 0 Å². The van der Waals surface area contributed by atoms with Crippen LogP contribution >= 0.6 is 0 Å². The minimum Gasteiger partial charge on any atom is -0.294 e. The number of hydrogen-bond acceptors (Lipinski definition) is 4. The SMILES string of the molecule is c1ccc(-c2nc(-c3ccccc3)nc(-c3ccc(-n4c5cccc6c7cccc8ccc9ccc4c(c9c87)c65)nc3)n2)cc1. The third-order valence-corrected chi connectivity index (χ3v) is 9.00. The smallest absolute Gasteiger partial charge is 0.165 e. The molecule has 0 atom stereocenters. The Morgan fingerprint density at radius 1 is 0.378 bits per heavy atom. The lowest BCUT2D eigenvalue weighted by molar-refractivity contribution is 1.05. The Labute approximate surface area is 257 Å². The van der Waals surface area contributed by atoms with E-state index in [0.717, 1.165) is 33.5 Å².